The van der Waals surface area contributed by atoms with Crippen LogP contribution in [0.25, 0.3) is 0 Å². The lowest BCUT2D eigenvalue weighted by Crippen LogP contribution is -1.76. The fraction of sp³-hybridized carbons (Fsp3) is 0.333. The molecule has 0 aromatic heterocycles. The number of halogens is 3. The van der Waals surface area contributed by atoms with Crippen molar-refractivity contribution in [3.8, 4) is 0 Å². The van der Waals surface area contributed by atoms with E-state index in [1.807, 2.05) is 0 Å². The molecule has 0 heterocycles. The van der Waals surface area contributed by atoms with Gasteiger partial charge in [-0.05, 0) is 13.0 Å². The van der Waals surface area contributed by atoms with E-state index in [1.54, 1.807) is 0 Å². The van der Waals surface area contributed by atoms with Crippen LogP contribution in [0.1, 0.15) is 6.92 Å². The van der Waals surface area contributed by atoms with Gasteiger partial charge in [-0.3, -0.25) is 0 Å². The first-order valence-corrected chi connectivity index (χ1v) is 2.41. The van der Waals surface area contributed by atoms with Gasteiger partial charge in [-0.1, -0.05) is 0 Å². The van der Waals surface area contributed by atoms with Crippen molar-refractivity contribution in [3.63, 3.8) is 0 Å². The van der Waals surface area contributed by atoms with Gasteiger partial charge in [0.15, 0.2) is 0 Å². The summed E-state index contributed by atoms with van der Waals surface area (Å²) in [6.45, 7) is 0.318. The molecule has 9 heavy (non-hydrogen) atoms. The Morgan fingerprint density at radius 2 is 2.11 bits per heavy atom. The van der Waals surface area contributed by atoms with Gasteiger partial charge in [0.1, 0.15) is 12.5 Å². The molecule has 3 heteroatoms. The molecule has 0 spiro atoms. The van der Waals surface area contributed by atoms with Crippen molar-refractivity contribution in [2.24, 2.45) is 0 Å². The van der Waals surface area contributed by atoms with Crippen LogP contribution in [0.2, 0.25) is 0 Å². The van der Waals surface area contributed by atoms with Crippen molar-refractivity contribution < 1.29 is 13.2 Å². The Labute approximate surface area is 51.7 Å². The largest absolute Gasteiger partial charge is 0.246 e. The molecule has 0 rings (SSSR count). The Balaban J connectivity index is 4.03. The van der Waals surface area contributed by atoms with Crippen LogP contribution in [0.4, 0.5) is 13.2 Å². The normalized spacial score (nSPS) is 14.2. The zero-order valence-electron chi connectivity index (χ0n) is 5.00. The van der Waals surface area contributed by atoms with Crippen LogP contribution in [-0.4, -0.2) is 6.67 Å². The summed E-state index contributed by atoms with van der Waals surface area (Å²) in [4.78, 5) is 0. The fourth-order valence-corrected chi connectivity index (χ4v) is 0.281. The molecular formula is C6H7F3. The minimum Gasteiger partial charge on any atom is -0.246 e. The topological polar surface area (TPSA) is 0 Å². The first-order valence-electron chi connectivity index (χ1n) is 2.41. The maximum absolute atomic E-state index is 12.1. The molecular weight excluding hydrogens is 129 g/mol. The molecule has 0 aliphatic heterocycles. The molecule has 0 atom stereocenters. The maximum atomic E-state index is 12.1. The van der Waals surface area contributed by atoms with Gasteiger partial charge in [-0.15, -0.1) is 0 Å². The van der Waals surface area contributed by atoms with Gasteiger partial charge in [-0.2, -0.15) is 0 Å². The average molecular weight is 136 g/mol. The highest BCUT2D eigenvalue weighted by Gasteiger charge is 1.95. The van der Waals surface area contributed by atoms with Gasteiger partial charge in [0.2, 0.25) is 0 Å². The van der Waals surface area contributed by atoms with Crippen LogP contribution in [0.3, 0.4) is 0 Å². The summed E-state index contributed by atoms with van der Waals surface area (Å²) in [6, 6.07) is 0. The van der Waals surface area contributed by atoms with Gasteiger partial charge in [0.05, 0.1) is 6.33 Å². The molecule has 0 unspecified atom stereocenters. The lowest BCUT2D eigenvalue weighted by atomic mass is 10.3. The van der Waals surface area contributed by atoms with Crippen molar-refractivity contribution in [1.82, 2.24) is 0 Å². The molecule has 0 aliphatic carbocycles. The van der Waals surface area contributed by atoms with E-state index < -0.39 is 12.5 Å². The van der Waals surface area contributed by atoms with Crippen LogP contribution >= 0.6 is 0 Å². The molecule has 0 saturated carbocycles. The molecule has 0 radical (unpaired) electrons. The smallest absolute Gasteiger partial charge is 0.127 e. The zero-order valence-corrected chi connectivity index (χ0v) is 5.00. The predicted molar refractivity (Wildman–Crippen MR) is 30.0 cm³/mol. The summed E-state index contributed by atoms with van der Waals surface area (Å²) >= 11 is 0. The highest BCUT2D eigenvalue weighted by molar-refractivity contribution is 5.20. The minimum atomic E-state index is -0.906. The van der Waals surface area contributed by atoms with E-state index in [0.717, 1.165) is 0 Å². The number of allylic oxidation sites excluding steroid dienone is 3. The van der Waals surface area contributed by atoms with Crippen LogP contribution < -0.4 is 0 Å². The van der Waals surface area contributed by atoms with Gasteiger partial charge >= 0.3 is 0 Å². The number of hydrogen-bond donors (Lipinski definition) is 0. The number of hydrogen-bond acceptors (Lipinski definition) is 0. The van der Waals surface area contributed by atoms with E-state index in [1.165, 1.54) is 6.92 Å². The van der Waals surface area contributed by atoms with Gasteiger partial charge < -0.3 is 0 Å². The third-order valence-corrected chi connectivity index (χ3v) is 0.797. The summed E-state index contributed by atoms with van der Waals surface area (Å²) in [5, 5.41) is 0. The SMILES string of the molecule is CC(=C\F)/C(F)=C\CF. The number of alkyl halides is 1. The molecule has 0 N–H and O–H groups in total. The van der Waals surface area contributed by atoms with Crippen LogP contribution in [0, 0.1) is 0 Å². The fourth-order valence-electron chi connectivity index (χ4n) is 0.281. The van der Waals surface area contributed by atoms with E-state index in [4.69, 9.17) is 0 Å². The Morgan fingerprint density at radius 1 is 1.56 bits per heavy atom. The Morgan fingerprint density at radius 3 is 2.44 bits per heavy atom. The molecule has 0 nitrogen and oxygen atoms in total. The Kier molecular flexibility index (Phi) is 3.84. The van der Waals surface area contributed by atoms with E-state index in [2.05, 4.69) is 0 Å². The molecule has 0 fully saturated rings. The van der Waals surface area contributed by atoms with Gasteiger partial charge in [-0.25, -0.2) is 13.2 Å². The first-order chi connectivity index (χ1) is 4.22. The van der Waals surface area contributed by atoms with Crippen molar-refractivity contribution in [3.05, 3.63) is 23.8 Å². The monoisotopic (exact) mass is 136 g/mol. The van der Waals surface area contributed by atoms with Gasteiger partial charge in [0.25, 0.3) is 0 Å². The third-order valence-electron chi connectivity index (χ3n) is 0.797. The lowest BCUT2D eigenvalue weighted by Gasteiger charge is -1.89. The second kappa shape index (κ2) is 4.18. The van der Waals surface area contributed by atoms with Crippen LogP contribution in [0.5, 0.6) is 0 Å². The minimum absolute atomic E-state index is 0.0987. The van der Waals surface area contributed by atoms with Gasteiger partial charge in [0, 0.05) is 5.57 Å². The molecule has 0 saturated heterocycles. The van der Waals surface area contributed by atoms with Crippen LogP contribution in [-0.2, 0) is 0 Å². The Bertz CT molecular complexity index is 135. The van der Waals surface area contributed by atoms with E-state index in [9.17, 15) is 13.2 Å². The standard InChI is InChI=1S/C6H7F3/c1-5(4-8)6(9)2-3-7/h2,4H,3H2,1H3/b5-4+,6-2+. The third kappa shape index (κ3) is 2.95. The predicted octanol–water partition coefficient (Wildman–Crippen LogP) is 2.68. The van der Waals surface area contributed by atoms with E-state index in [0.29, 0.717) is 6.08 Å². The first kappa shape index (κ1) is 8.27. The summed E-state index contributed by atoms with van der Waals surface area (Å²) < 4.78 is 34.8. The molecule has 0 aliphatic rings. The molecule has 0 aromatic rings. The second-order valence-corrected chi connectivity index (χ2v) is 1.50. The quantitative estimate of drug-likeness (QED) is 0.512. The van der Waals surface area contributed by atoms with Crippen LogP contribution in [0.15, 0.2) is 23.8 Å². The summed E-state index contributed by atoms with van der Waals surface area (Å²) in [5.41, 5.74) is -0.187. The highest BCUT2D eigenvalue weighted by Crippen LogP contribution is 2.09. The van der Waals surface area contributed by atoms with Crippen molar-refractivity contribution in [2.45, 2.75) is 6.92 Å². The van der Waals surface area contributed by atoms with Crippen molar-refractivity contribution >= 4 is 0 Å². The molecule has 0 aromatic carbocycles. The van der Waals surface area contributed by atoms with E-state index >= 15 is 0 Å². The molecule has 0 amide bonds. The van der Waals surface area contributed by atoms with Crippen molar-refractivity contribution in [2.75, 3.05) is 6.67 Å². The maximum Gasteiger partial charge on any atom is 0.127 e. The van der Waals surface area contributed by atoms with Crippen molar-refractivity contribution in [1.29, 1.82) is 0 Å². The Hall–Kier alpha value is -0.730. The lowest BCUT2D eigenvalue weighted by molar-refractivity contribution is 0.543. The highest BCUT2D eigenvalue weighted by atomic mass is 19.1. The zero-order chi connectivity index (χ0) is 7.28. The van der Waals surface area contributed by atoms with E-state index in [-0.39, 0.29) is 11.9 Å². The molecule has 52 valence electrons. The summed E-state index contributed by atoms with van der Waals surface area (Å²) in [7, 11) is 0. The second-order valence-electron chi connectivity index (χ2n) is 1.50. The summed E-state index contributed by atoms with van der Waals surface area (Å²) in [6.07, 6.45) is 0.771. The average Bonchev–Trinajstić information content (AvgIpc) is 1.87. The summed E-state index contributed by atoms with van der Waals surface area (Å²) in [5.74, 6) is -0.847. The molecule has 0 bridgehead atoms. The number of rotatable bonds is 2.